The Morgan fingerprint density at radius 2 is 0.891 bits per heavy atom. The van der Waals surface area contributed by atoms with E-state index in [-0.39, 0.29) is 0 Å². The first kappa shape index (κ1) is 32.9. The molecule has 0 unspecified atom stereocenters. The third kappa shape index (κ3) is 5.90. The van der Waals surface area contributed by atoms with Gasteiger partial charge in [-0.1, -0.05) is 152 Å². The molecule has 0 N–H and O–H groups in total. The van der Waals surface area contributed by atoms with Crippen LogP contribution in [0.15, 0.2) is 200 Å². The predicted octanol–water partition coefficient (Wildman–Crippen LogP) is 15.3. The summed E-state index contributed by atoms with van der Waals surface area (Å²) >= 11 is 1.89. The van der Waals surface area contributed by atoms with Crippen molar-refractivity contribution < 1.29 is 0 Å². The molecule has 1 aliphatic rings. The van der Waals surface area contributed by atoms with Crippen LogP contribution in [0.1, 0.15) is 17.5 Å². The van der Waals surface area contributed by atoms with Gasteiger partial charge in [0.2, 0.25) is 0 Å². The topological polar surface area (TPSA) is 6.48 Å². The monoisotopic (exact) mass is 722 g/mol. The molecule has 1 heterocycles. The van der Waals surface area contributed by atoms with Gasteiger partial charge in [-0.3, -0.25) is 0 Å². The lowest BCUT2D eigenvalue weighted by Gasteiger charge is -2.35. The molecule has 0 saturated carbocycles. The van der Waals surface area contributed by atoms with Crippen molar-refractivity contribution >= 4 is 71.7 Å². The molecule has 1 aliphatic carbocycles. The Morgan fingerprint density at radius 1 is 0.400 bits per heavy atom. The lowest BCUT2D eigenvalue weighted by molar-refractivity contribution is 0.990. The van der Waals surface area contributed by atoms with Crippen LogP contribution in [-0.4, -0.2) is 0 Å². The Labute approximate surface area is 326 Å². The lowest BCUT2D eigenvalue weighted by Crippen LogP contribution is -2.18. The summed E-state index contributed by atoms with van der Waals surface area (Å²) in [6.45, 7) is 0. The summed E-state index contributed by atoms with van der Waals surface area (Å²) in [5.41, 5.74) is 14.1. The normalized spacial score (nSPS) is 12.1. The van der Waals surface area contributed by atoms with E-state index >= 15 is 0 Å². The molecule has 262 valence electrons. The van der Waals surface area contributed by atoms with E-state index in [1.165, 1.54) is 53.6 Å². The van der Waals surface area contributed by atoms with Gasteiger partial charge in [-0.15, -0.1) is 11.3 Å². The number of aryl methyl sites for hydroxylation is 1. The van der Waals surface area contributed by atoms with Crippen molar-refractivity contribution in [1.82, 2.24) is 0 Å². The molecule has 1 aromatic heterocycles. The van der Waals surface area contributed by atoms with E-state index < -0.39 is 0 Å². The number of hydrogen-bond donors (Lipinski definition) is 0. The summed E-state index contributed by atoms with van der Waals surface area (Å²) in [6.07, 6.45) is 6.83. The van der Waals surface area contributed by atoms with E-state index in [4.69, 9.17) is 0 Å². The number of benzene rings is 8. The molecule has 0 saturated heterocycles. The van der Waals surface area contributed by atoms with Gasteiger partial charge in [0.25, 0.3) is 0 Å². The Bertz CT molecular complexity index is 2810. The number of hydrogen-bond acceptors (Lipinski definition) is 3. The molecule has 8 aromatic carbocycles. The average molecular weight is 723 g/mol. The molecule has 55 heavy (non-hydrogen) atoms. The van der Waals surface area contributed by atoms with Crippen LogP contribution in [0.25, 0.3) is 48.5 Å². The minimum atomic E-state index is 1.05. The highest BCUT2D eigenvalue weighted by atomic mass is 32.1. The average Bonchev–Trinajstić information content (AvgIpc) is 3.66. The molecule has 9 aromatic rings. The third-order valence-electron chi connectivity index (χ3n) is 10.7. The summed E-state index contributed by atoms with van der Waals surface area (Å²) in [4.78, 5) is 5.01. The minimum Gasteiger partial charge on any atom is -0.308 e. The van der Waals surface area contributed by atoms with Crippen LogP contribution >= 0.6 is 11.3 Å². The molecule has 0 amide bonds. The van der Waals surface area contributed by atoms with Gasteiger partial charge in [0, 0.05) is 42.7 Å². The molecule has 0 aliphatic heterocycles. The standard InChI is InChI=1S/C52H38N2S/c1-5-19-37(20-6-1)42-28-15-17-31-45(42)53(40-24-9-3-10-25-40)47-34-36-49-51(50-44-30-14-13-23-39(44)33-35-48(50)55-49)52(47)54(41-26-11-4-12-27-41)46-32-18-16-29-43(46)38-21-7-2-8-22-38/h1-12,14-22,24-36H,13,23H2. The van der Waals surface area contributed by atoms with Crippen molar-refractivity contribution in [2.24, 2.45) is 0 Å². The largest absolute Gasteiger partial charge is 0.308 e. The molecule has 3 heteroatoms. The van der Waals surface area contributed by atoms with Crippen LogP contribution in [0.4, 0.5) is 34.1 Å². The lowest BCUT2D eigenvalue weighted by atomic mass is 9.92. The van der Waals surface area contributed by atoms with Crippen molar-refractivity contribution in [2.75, 3.05) is 9.80 Å². The summed E-state index contributed by atoms with van der Waals surface area (Å²) in [5.74, 6) is 0. The van der Waals surface area contributed by atoms with Gasteiger partial charge in [0.15, 0.2) is 0 Å². The summed E-state index contributed by atoms with van der Waals surface area (Å²) < 4.78 is 2.57. The Balaban J connectivity index is 1.38. The molecule has 0 fully saturated rings. The van der Waals surface area contributed by atoms with Crippen LogP contribution in [0.2, 0.25) is 0 Å². The molecule has 0 spiro atoms. The second kappa shape index (κ2) is 14.3. The Morgan fingerprint density at radius 3 is 1.51 bits per heavy atom. The third-order valence-corrected chi connectivity index (χ3v) is 11.8. The van der Waals surface area contributed by atoms with Gasteiger partial charge in [-0.05, 0) is 89.7 Å². The number of allylic oxidation sites excluding steroid dienone is 1. The SMILES string of the molecule is C1=Cc2c(ccc3sc4ccc(N(c5ccccc5)c5ccccc5-c5ccccc5)c(N(c5ccccc5)c5ccccc5-c5ccccc5)c4c23)CC1. The van der Waals surface area contributed by atoms with Crippen molar-refractivity contribution in [3.05, 3.63) is 211 Å². The fourth-order valence-corrected chi connectivity index (χ4v) is 9.38. The van der Waals surface area contributed by atoms with E-state index in [0.717, 1.165) is 47.0 Å². The summed E-state index contributed by atoms with van der Waals surface area (Å²) in [7, 11) is 0. The first-order chi connectivity index (χ1) is 27.3. The van der Waals surface area contributed by atoms with Crippen molar-refractivity contribution in [1.29, 1.82) is 0 Å². The molecule has 10 rings (SSSR count). The first-order valence-electron chi connectivity index (χ1n) is 19.0. The predicted molar refractivity (Wildman–Crippen MR) is 237 cm³/mol. The van der Waals surface area contributed by atoms with Crippen molar-refractivity contribution in [2.45, 2.75) is 12.8 Å². The number of fused-ring (bicyclic) bond motifs is 5. The number of rotatable bonds is 8. The molecular formula is C52H38N2S. The number of para-hydroxylation sites is 4. The highest BCUT2D eigenvalue weighted by Gasteiger charge is 2.29. The van der Waals surface area contributed by atoms with E-state index in [1.54, 1.807) is 0 Å². The maximum absolute atomic E-state index is 2.53. The van der Waals surface area contributed by atoms with Gasteiger partial charge in [0.1, 0.15) is 0 Å². The van der Waals surface area contributed by atoms with Gasteiger partial charge in [0.05, 0.1) is 22.7 Å². The molecule has 0 bridgehead atoms. The Hall–Kier alpha value is -6.68. The Kier molecular flexibility index (Phi) is 8.55. The highest BCUT2D eigenvalue weighted by molar-refractivity contribution is 7.26. The number of nitrogens with zero attached hydrogens (tertiary/aromatic N) is 2. The van der Waals surface area contributed by atoms with Crippen LogP contribution in [-0.2, 0) is 6.42 Å². The zero-order valence-corrected chi connectivity index (χ0v) is 31.2. The number of anilines is 6. The second-order valence-electron chi connectivity index (χ2n) is 14.0. The van der Waals surface area contributed by atoms with Crippen LogP contribution in [0, 0.1) is 0 Å². The van der Waals surface area contributed by atoms with E-state index in [9.17, 15) is 0 Å². The second-order valence-corrected chi connectivity index (χ2v) is 15.1. The van der Waals surface area contributed by atoms with Crippen LogP contribution in [0.5, 0.6) is 0 Å². The van der Waals surface area contributed by atoms with Crippen molar-refractivity contribution in [3.63, 3.8) is 0 Å². The van der Waals surface area contributed by atoms with Crippen LogP contribution in [0.3, 0.4) is 0 Å². The fraction of sp³-hybridized carbons (Fsp3) is 0.0385. The molecule has 2 nitrogen and oxygen atoms in total. The van der Waals surface area contributed by atoms with Gasteiger partial charge >= 0.3 is 0 Å². The van der Waals surface area contributed by atoms with E-state index in [1.807, 2.05) is 11.3 Å². The molecule has 0 radical (unpaired) electrons. The van der Waals surface area contributed by atoms with Gasteiger partial charge < -0.3 is 9.80 Å². The summed E-state index contributed by atoms with van der Waals surface area (Å²) in [6, 6.07) is 70.5. The highest BCUT2D eigenvalue weighted by Crippen LogP contribution is 2.55. The number of thiophene rings is 1. The maximum Gasteiger partial charge on any atom is 0.0796 e. The smallest absolute Gasteiger partial charge is 0.0796 e. The van der Waals surface area contributed by atoms with Gasteiger partial charge in [-0.25, -0.2) is 0 Å². The fourth-order valence-electron chi connectivity index (χ4n) is 8.26. The molecular weight excluding hydrogens is 685 g/mol. The minimum absolute atomic E-state index is 1.05. The van der Waals surface area contributed by atoms with E-state index in [0.29, 0.717) is 0 Å². The van der Waals surface area contributed by atoms with Crippen molar-refractivity contribution in [3.8, 4) is 22.3 Å². The van der Waals surface area contributed by atoms with Gasteiger partial charge in [-0.2, -0.15) is 0 Å². The maximum atomic E-state index is 2.53. The summed E-state index contributed by atoms with van der Waals surface area (Å²) in [5, 5.41) is 2.60. The zero-order chi connectivity index (χ0) is 36.6. The zero-order valence-electron chi connectivity index (χ0n) is 30.3. The quantitative estimate of drug-likeness (QED) is 0.154. The first-order valence-corrected chi connectivity index (χ1v) is 19.8. The van der Waals surface area contributed by atoms with E-state index in [2.05, 4.69) is 216 Å². The van der Waals surface area contributed by atoms with Crippen LogP contribution < -0.4 is 9.80 Å². The molecule has 0 atom stereocenters.